The fourth-order valence-electron chi connectivity index (χ4n) is 4.87. The molecule has 0 radical (unpaired) electrons. The van der Waals surface area contributed by atoms with E-state index in [0.29, 0.717) is 6.42 Å². The maximum absolute atomic E-state index is 12.3. The molecule has 0 amide bonds. The van der Waals surface area contributed by atoms with Crippen LogP contribution in [0.1, 0.15) is 121 Å². The third kappa shape index (κ3) is 10.2. The topological polar surface area (TPSA) is 131 Å². The van der Waals surface area contributed by atoms with Crippen LogP contribution in [0.2, 0.25) is 0 Å². The first-order chi connectivity index (χ1) is 17.0. The van der Waals surface area contributed by atoms with E-state index in [1.165, 1.54) is 94.5 Å². The molecule has 0 spiro atoms. The van der Waals surface area contributed by atoms with Gasteiger partial charge in [-0.1, -0.05) is 103 Å². The van der Waals surface area contributed by atoms with E-state index < -0.39 is 36.8 Å². The SMILES string of the molecule is CCCCCCCCCCCCCCCCCCc1cn([C@@H]2O[C@H](CO)[C@@H](O)[C@@H]2O)c(=O)nc1N. The number of ether oxygens (including phenoxy) is 1. The Balaban J connectivity index is 1.57. The van der Waals surface area contributed by atoms with Crippen LogP contribution in [0.3, 0.4) is 0 Å². The predicted molar refractivity (Wildman–Crippen MR) is 139 cm³/mol. The molecule has 5 N–H and O–H groups in total. The molecule has 2 heterocycles. The second-order valence-corrected chi connectivity index (χ2v) is 10.1. The Labute approximate surface area is 210 Å². The van der Waals surface area contributed by atoms with Crippen molar-refractivity contribution in [2.24, 2.45) is 0 Å². The summed E-state index contributed by atoms with van der Waals surface area (Å²) < 4.78 is 6.63. The van der Waals surface area contributed by atoms with Gasteiger partial charge in [0.25, 0.3) is 0 Å². The lowest BCUT2D eigenvalue weighted by atomic mass is 10.0. The van der Waals surface area contributed by atoms with Gasteiger partial charge in [0.15, 0.2) is 6.23 Å². The molecule has 1 aliphatic heterocycles. The number of nitrogens with zero attached hydrogens (tertiary/aromatic N) is 2. The van der Waals surface area contributed by atoms with E-state index in [1.807, 2.05) is 0 Å². The summed E-state index contributed by atoms with van der Waals surface area (Å²) in [7, 11) is 0. The number of aliphatic hydroxyl groups is 3. The van der Waals surface area contributed by atoms with Gasteiger partial charge in [0.05, 0.1) is 6.61 Å². The average molecular weight is 496 g/mol. The normalized spacial score (nSPS) is 22.2. The van der Waals surface area contributed by atoms with E-state index in [-0.39, 0.29) is 5.82 Å². The maximum atomic E-state index is 12.3. The molecular formula is C27H49N3O5. The van der Waals surface area contributed by atoms with Gasteiger partial charge >= 0.3 is 5.69 Å². The highest BCUT2D eigenvalue weighted by atomic mass is 16.6. The number of anilines is 1. The number of nitrogen functional groups attached to an aromatic ring is 1. The molecule has 1 fully saturated rings. The average Bonchev–Trinajstić information content (AvgIpc) is 3.13. The number of hydrogen-bond donors (Lipinski definition) is 4. The molecular weight excluding hydrogens is 446 g/mol. The van der Waals surface area contributed by atoms with Gasteiger partial charge in [-0.3, -0.25) is 4.57 Å². The second kappa shape index (κ2) is 17.1. The van der Waals surface area contributed by atoms with Crippen LogP contribution in [0.5, 0.6) is 0 Å². The fourth-order valence-corrected chi connectivity index (χ4v) is 4.87. The van der Waals surface area contributed by atoms with E-state index in [1.54, 1.807) is 6.20 Å². The van der Waals surface area contributed by atoms with Crippen LogP contribution in [0.4, 0.5) is 5.82 Å². The largest absolute Gasteiger partial charge is 0.394 e. The molecule has 0 saturated carbocycles. The third-order valence-corrected chi connectivity index (χ3v) is 7.15. The molecule has 1 aromatic heterocycles. The monoisotopic (exact) mass is 495 g/mol. The summed E-state index contributed by atoms with van der Waals surface area (Å²) in [6.07, 6.45) is 18.5. The molecule has 202 valence electrons. The van der Waals surface area contributed by atoms with Crippen LogP contribution in [0, 0.1) is 0 Å². The van der Waals surface area contributed by atoms with Gasteiger partial charge in [0, 0.05) is 11.8 Å². The molecule has 8 nitrogen and oxygen atoms in total. The molecule has 8 heteroatoms. The van der Waals surface area contributed by atoms with Crippen molar-refractivity contribution in [3.05, 3.63) is 22.2 Å². The van der Waals surface area contributed by atoms with Gasteiger partial charge < -0.3 is 25.8 Å². The molecule has 1 aromatic rings. The predicted octanol–water partition coefficient (Wildman–Crippen LogP) is 4.24. The highest BCUT2D eigenvalue weighted by Crippen LogP contribution is 2.28. The van der Waals surface area contributed by atoms with Gasteiger partial charge in [0.2, 0.25) is 0 Å². The van der Waals surface area contributed by atoms with Crippen molar-refractivity contribution in [3.8, 4) is 0 Å². The van der Waals surface area contributed by atoms with Gasteiger partial charge in [0.1, 0.15) is 24.1 Å². The van der Waals surface area contributed by atoms with Crippen LogP contribution >= 0.6 is 0 Å². The Morgan fingerprint density at radius 2 is 1.34 bits per heavy atom. The van der Waals surface area contributed by atoms with E-state index in [9.17, 15) is 20.1 Å². The van der Waals surface area contributed by atoms with E-state index in [4.69, 9.17) is 10.5 Å². The molecule has 2 rings (SSSR count). The Bertz CT molecular complexity index is 757. The molecule has 0 bridgehead atoms. The van der Waals surface area contributed by atoms with E-state index in [0.717, 1.165) is 18.4 Å². The Morgan fingerprint density at radius 3 is 1.80 bits per heavy atom. The summed E-state index contributed by atoms with van der Waals surface area (Å²) in [5, 5.41) is 29.5. The van der Waals surface area contributed by atoms with E-state index in [2.05, 4.69) is 11.9 Å². The zero-order valence-corrected chi connectivity index (χ0v) is 21.7. The van der Waals surface area contributed by atoms with Crippen molar-refractivity contribution >= 4 is 5.82 Å². The van der Waals surface area contributed by atoms with Crippen LogP contribution in [0.15, 0.2) is 11.0 Å². The number of unbranched alkanes of at least 4 members (excludes halogenated alkanes) is 15. The number of aromatic nitrogens is 2. The molecule has 35 heavy (non-hydrogen) atoms. The summed E-state index contributed by atoms with van der Waals surface area (Å²) in [6, 6.07) is 0. The molecule has 0 aromatic carbocycles. The fraction of sp³-hybridized carbons (Fsp3) is 0.852. The number of nitrogens with two attached hydrogens (primary N) is 1. The van der Waals surface area contributed by atoms with Crippen molar-refractivity contribution in [1.82, 2.24) is 9.55 Å². The highest BCUT2D eigenvalue weighted by molar-refractivity contribution is 5.36. The van der Waals surface area contributed by atoms with Crippen molar-refractivity contribution in [1.29, 1.82) is 0 Å². The van der Waals surface area contributed by atoms with Crippen LogP contribution in [0.25, 0.3) is 0 Å². The van der Waals surface area contributed by atoms with Gasteiger partial charge in [-0.2, -0.15) is 4.98 Å². The molecule has 1 aliphatic rings. The first-order valence-corrected chi connectivity index (χ1v) is 14.0. The van der Waals surface area contributed by atoms with Crippen molar-refractivity contribution < 1.29 is 20.1 Å². The van der Waals surface area contributed by atoms with Gasteiger partial charge in [-0.05, 0) is 12.8 Å². The standard InChI is InChI=1S/C27H49N3O5/c1-2-3-4-5-6-7-8-9-10-11-12-13-14-15-16-17-18-21-19-30(27(34)29-25(21)28)26-24(33)23(32)22(20-31)35-26/h19,22-24,26,31-33H,2-18,20H2,1H3,(H2,28,29,34)/t22-,23-,24+,26-/m1/s1. The Morgan fingerprint density at radius 1 is 0.857 bits per heavy atom. The number of rotatable bonds is 19. The van der Waals surface area contributed by atoms with Crippen molar-refractivity contribution in [2.45, 2.75) is 141 Å². The van der Waals surface area contributed by atoms with Gasteiger partial charge in [-0.15, -0.1) is 0 Å². The minimum Gasteiger partial charge on any atom is -0.394 e. The van der Waals surface area contributed by atoms with Gasteiger partial charge in [-0.25, -0.2) is 4.79 Å². The summed E-state index contributed by atoms with van der Waals surface area (Å²) in [5.41, 5.74) is 6.04. The molecule has 4 atom stereocenters. The summed E-state index contributed by atoms with van der Waals surface area (Å²) in [4.78, 5) is 16.2. The maximum Gasteiger partial charge on any atom is 0.351 e. The first kappa shape index (κ1) is 29.7. The Kier molecular flexibility index (Phi) is 14.5. The number of aryl methyl sites for hydroxylation is 1. The zero-order chi connectivity index (χ0) is 25.5. The first-order valence-electron chi connectivity index (χ1n) is 14.0. The van der Waals surface area contributed by atoms with Crippen LogP contribution in [-0.2, 0) is 11.2 Å². The number of hydrogen-bond acceptors (Lipinski definition) is 7. The lowest BCUT2D eigenvalue weighted by molar-refractivity contribution is -0.0550. The number of aliphatic hydroxyl groups excluding tert-OH is 3. The van der Waals surface area contributed by atoms with Crippen molar-refractivity contribution in [3.63, 3.8) is 0 Å². The van der Waals surface area contributed by atoms with Crippen LogP contribution < -0.4 is 11.4 Å². The lowest BCUT2D eigenvalue weighted by Crippen LogP contribution is -2.36. The minimum absolute atomic E-state index is 0.193. The summed E-state index contributed by atoms with van der Waals surface area (Å²) in [5.74, 6) is 0.193. The second-order valence-electron chi connectivity index (χ2n) is 10.1. The molecule has 1 saturated heterocycles. The minimum atomic E-state index is -1.32. The quantitative estimate of drug-likeness (QED) is 0.211. The smallest absolute Gasteiger partial charge is 0.351 e. The van der Waals surface area contributed by atoms with Crippen molar-refractivity contribution in [2.75, 3.05) is 12.3 Å². The van der Waals surface area contributed by atoms with E-state index >= 15 is 0 Å². The summed E-state index contributed by atoms with van der Waals surface area (Å²) >= 11 is 0. The third-order valence-electron chi connectivity index (χ3n) is 7.15. The lowest BCUT2D eigenvalue weighted by Gasteiger charge is -2.18. The summed E-state index contributed by atoms with van der Waals surface area (Å²) in [6.45, 7) is 1.82. The molecule has 0 aliphatic carbocycles. The molecule has 0 unspecified atom stereocenters. The zero-order valence-electron chi connectivity index (χ0n) is 21.7. The van der Waals surface area contributed by atoms with Crippen LogP contribution in [-0.4, -0.2) is 49.8 Å². The Hall–Kier alpha value is -1.48. The highest BCUT2D eigenvalue weighted by Gasteiger charge is 2.43.